The van der Waals surface area contributed by atoms with Crippen LogP contribution in [0, 0.1) is 11.8 Å². The Bertz CT molecular complexity index is 279. The molecule has 92 valence electrons. The van der Waals surface area contributed by atoms with E-state index < -0.39 is 0 Å². The monoisotopic (exact) mass is 224 g/mol. The molecule has 2 aliphatic heterocycles. The fourth-order valence-electron chi connectivity index (χ4n) is 4.30. The number of rotatable bonds is 1. The smallest absolute Gasteiger partial charge is 0.0695 e. The minimum absolute atomic E-state index is 0.0777. The lowest BCUT2D eigenvalue weighted by atomic mass is 9.84. The van der Waals surface area contributed by atoms with E-state index in [1.165, 1.54) is 25.9 Å². The van der Waals surface area contributed by atoms with E-state index >= 15 is 0 Å². The molecule has 3 nitrogen and oxygen atoms in total. The van der Waals surface area contributed by atoms with Gasteiger partial charge in [-0.25, -0.2) is 0 Å². The summed E-state index contributed by atoms with van der Waals surface area (Å²) < 4.78 is 0. The average Bonchev–Trinajstić information content (AvgIpc) is 2.85. The third kappa shape index (κ3) is 1.45. The van der Waals surface area contributed by atoms with Crippen LogP contribution in [0.2, 0.25) is 0 Å². The molecule has 3 rings (SSSR count). The van der Waals surface area contributed by atoms with Crippen LogP contribution in [0.1, 0.15) is 33.1 Å². The fraction of sp³-hybridized carbons (Fsp3) is 1.00. The maximum atomic E-state index is 10.1. The van der Waals surface area contributed by atoms with Crippen molar-refractivity contribution in [3.05, 3.63) is 0 Å². The molecule has 2 saturated heterocycles. The van der Waals surface area contributed by atoms with E-state index in [2.05, 4.69) is 24.1 Å². The Kier molecular flexibility index (Phi) is 2.54. The second-order valence-electron chi connectivity index (χ2n) is 6.40. The zero-order valence-corrected chi connectivity index (χ0v) is 10.4. The van der Waals surface area contributed by atoms with Gasteiger partial charge in [0.05, 0.1) is 6.10 Å². The summed E-state index contributed by atoms with van der Waals surface area (Å²) in [4.78, 5) is 2.61. The van der Waals surface area contributed by atoms with Gasteiger partial charge in [-0.3, -0.25) is 4.90 Å². The van der Waals surface area contributed by atoms with Gasteiger partial charge in [0.25, 0.3) is 0 Å². The first-order valence-electron chi connectivity index (χ1n) is 6.76. The molecule has 3 fully saturated rings. The van der Waals surface area contributed by atoms with Gasteiger partial charge in [-0.15, -0.1) is 0 Å². The van der Waals surface area contributed by atoms with Gasteiger partial charge in [-0.05, 0) is 51.5 Å². The molecule has 0 aromatic carbocycles. The first kappa shape index (κ1) is 11.0. The van der Waals surface area contributed by atoms with E-state index in [1.807, 2.05) is 0 Å². The standard InChI is InChI=1S/C13H24N2O/c1-13(2)10-7-14-6-9(10)8-15(13)11-4-3-5-12(11)16/h9-12,14,16H,3-8H2,1-2H3. The van der Waals surface area contributed by atoms with Crippen LogP contribution in [0.4, 0.5) is 0 Å². The highest BCUT2D eigenvalue weighted by molar-refractivity contribution is 5.07. The Labute approximate surface area is 98.2 Å². The molecule has 16 heavy (non-hydrogen) atoms. The molecule has 0 aromatic heterocycles. The molecule has 4 atom stereocenters. The second kappa shape index (κ2) is 3.69. The molecule has 3 aliphatic rings. The van der Waals surface area contributed by atoms with Crippen molar-refractivity contribution in [1.29, 1.82) is 0 Å². The van der Waals surface area contributed by atoms with E-state index in [-0.39, 0.29) is 11.6 Å². The minimum atomic E-state index is -0.0777. The van der Waals surface area contributed by atoms with Gasteiger partial charge in [-0.2, -0.15) is 0 Å². The molecule has 0 amide bonds. The van der Waals surface area contributed by atoms with Crippen molar-refractivity contribution in [3.63, 3.8) is 0 Å². The van der Waals surface area contributed by atoms with Crippen LogP contribution in [-0.4, -0.2) is 47.3 Å². The SMILES string of the molecule is CC1(C)C2CNCC2CN1C1CCCC1O. The normalized spacial score (nSPS) is 47.4. The van der Waals surface area contributed by atoms with Gasteiger partial charge in [-0.1, -0.05) is 0 Å². The average molecular weight is 224 g/mol. The van der Waals surface area contributed by atoms with E-state index in [0.717, 1.165) is 24.8 Å². The van der Waals surface area contributed by atoms with Gasteiger partial charge < -0.3 is 10.4 Å². The molecule has 0 bridgehead atoms. The first-order valence-corrected chi connectivity index (χ1v) is 6.76. The van der Waals surface area contributed by atoms with Crippen molar-refractivity contribution in [2.75, 3.05) is 19.6 Å². The summed E-state index contributed by atoms with van der Waals surface area (Å²) in [6.45, 7) is 8.27. The maximum Gasteiger partial charge on any atom is 0.0695 e. The Hall–Kier alpha value is -0.120. The van der Waals surface area contributed by atoms with Crippen molar-refractivity contribution in [1.82, 2.24) is 10.2 Å². The summed E-state index contributed by atoms with van der Waals surface area (Å²) in [7, 11) is 0. The Balaban J connectivity index is 1.81. The Morgan fingerprint density at radius 2 is 2.06 bits per heavy atom. The number of hydrogen-bond donors (Lipinski definition) is 2. The van der Waals surface area contributed by atoms with Gasteiger partial charge in [0.2, 0.25) is 0 Å². The molecule has 4 unspecified atom stereocenters. The van der Waals surface area contributed by atoms with Gasteiger partial charge in [0.15, 0.2) is 0 Å². The summed E-state index contributed by atoms with van der Waals surface area (Å²) in [5, 5.41) is 13.6. The molecule has 0 radical (unpaired) electrons. The number of likely N-dealkylation sites (tertiary alicyclic amines) is 1. The minimum Gasteiger partial charge on any atom is -0.391 e. The number of aliphatic hydroxyl groups is 1. The van der Waals surface area contributed by atoms with E-state index in [0.29, 0.717) is 6.04 Å². The summed E-state index contributed by atoms with van der Waals surface area (Å²) in [6, 6.07) is 0.431. The molecule has 2 heterocycles. The second-order valence-corrected chi connectivity index (χ2v) is 6.40. The predicted molar refractivity (Wildman–Crippen MR) is 64.3 cm³/mol. The Morgan fingerprint density at radius 3 is 2.69 bits per heavy atom. The largest absolute Gasteiger partial charge is 0.391 e. The van der Waals surface area contributed by atoms with Crippen molar-refractivity contribution < 1.29 is 5.11 Å². The topological polar surface area (TPSA) is 35.5 Å². The van der Waals surface area contributed by atoms with Crippen molar-refractivity contribution in [2.24, 2.45) is 11.8 Å². The molecular weight excluding hydrogens is 200 g/mol. The van der Waals surface area contributed by atoms with Gasteiger partial charge >= 0.3 is 0 Å². The molecule has 0 aromatic rings. The van der Waals surface area contributed by atoms with Crippen LogP contribution < -0.4 is 5.32 Å². The van der Waals surface area contributed by atoms with E-state index in [9.17, 15) is 5.11 Å². The van der Waals surface area contributed by atoms with Crippen molar-refractivity contribution in [2.45, 2.75) is 50.8 Å². The summed E-state index contributed by atoms with van der Waals surface area (Å²) in [5.74, 6) is 1.59. The van der Waals surface area contributed by atoms with E-state index in [1.54, 1.807) is 0 Å². The fourth-order valence-corrected chi connectivity index (χ4v) is 4.30. The van der Waals surface area contributed by atoms with Gasteiger partial charge in [0, 0.05) is 24.7 Å². The third-order valence-corrected chi connectivity index (χ3v) is 5.26. The first-order chi connectivity index (χ1) is 7.60. The van der Waals surface area contributed by atoms with Crippen LogP contribution in [-0.2, 0) is 0 Å². The lowest BCUT2D eigenvalue weighted by Gasteiger charge is -2.40. The van der Waals surface area contributed by atoms with Crippen LogP contribution in [0.5, 0.6) is 0 Å². The lowest BCUT2D eigenvalue weighted by molar-refractivity contribution is 0.0220. The highest BCUT2D eigenvalue weighted by Gasteiger charge is 2.52. The number of nitrogens with one attached hydrogen (secondary N) is 1. The van der Waals surface area contributed by atoms with Crippen LogP contribution in [0.15, 0.2) is 0 Å². The molecule has 2 N–H and O–H groups in total. The number of hydrogen-bond acceptors (Lipinski definition) is 3. The number of fused-ring (bicyclic) bond motifs is 1. The Morgan fingerprint density at radius 1 is 1.25 bits per heavy atom. The number of nitrogens with zero attached hydrogens (tertiary/aromatic N) is 1. The summed E-state index contributed by atoms with van der Waals surface area (Å²) in [5.41, 5.74) is 0.268. The van der Waals surface area contributed by atoms with Crippen LogP contribution in [0.25, 0.3) is 0 Å². The van der Waals surface area contributed by atoms with Crippen LogP contribution >= 0.6 is 0 Å². The zero-order valence-electron chi connectivity index (χ0n) is 10.4. The molecule has 1 saturated carbocycles. The maximum absolute atomic E-state index is 10.1. The highest BCUT2D eigenvalue weighted by Crippen LogP contribution is 2.44. The van der Waals surface area contributed by atoms with Gasteiger partial charge in [0.1, 0.15) is 0 Å². The third-order valence-electron chi connectivity index (χ3n) is 5.26. The highest BCUT2D eigenvalue weighted by atomic mass is 16.3. The molecule has 3 heteroatoms. The molecule has 0 spiro atoms. The molecule has 1 aliphatic carbocycles. The van der Waals surface area contributed by atoms with Crippen molar-refractivity contribution in [3.8, 4) is 0 Å². The zero-order chi connectivity index (χ0) is 11.3. The quantitative estimate of drug-likeness (QED) is 0.692. The van der Waals surface area contributed by atoms with Crippen LogP contribution in [0.3, 0.4) is 0 Å². The summed E-state index contributed by atoms with van der Waals surface area (Å²) >= 11 is 0. The van der Waals surface area contributed by atoms with E-state index in [4.69, 9.17) is 0 Å². The lowest BCUT2D eigenvalue weighted by Crippen LogP contribution is -2.52. The summed E-state index contributed by atoms with van der Waals surface area (Å²) in [6.07, 6.45) is 3.32. The molecular formula is C13H24N2O. The number of aliphatic hydroxyl groups excluding tert-OH is 1. The predicted octanol–water partition coefficient (Wildman–Crippen LogP) is 0.830. The van der Waals surface area contributed by atoms with Crippen molar-refractivity contribution >= 4 is 0 Å².